The third kappa shape index (κ3) is 4.12. The van der Waals surface area contributed by atoms with Crippen LogP contribution >= 0.6 is 27.3 Å². The van der Waals surface area contributed by atoms with Gasteiger partial charge in [-0.2, -0.15) is 0 Å². The molecule has 1 aromatic carbocycles. The fraction of sp³-hybridized carbons (Fsp3) is 0.286. The van der Waals surface area contributed by atoms with Gasteiger partial charge in [-0.25, -0.2) is 0 Å². The smallest absolute Gasteiger partial charge is 0.0701 e. The highest BCUT2D eigenvalue weighted by Crippen LogP contribution is 2.21. The van der Waals surface area contributed by atoms with Crippen LogP contribution in [0, 0.1) is 0 Å². The lowest BCUT2D eigenvalue weighted by Gasteiger charge is -2.15. The maximum absolute atomic E-state index is 5.67. The highest BCUT2D eigenvalue weighted by Gasteiger charge is 2.03. The lowest BCUT2D eigenvalue weighted by molar-refractivity contribution is 0.331. The van der Waals surface area contributed by atoms with Gasteiger partial charge in [0.05, 0.1) is 3.79 Å². The molecule has 0 saturated heterocycles. The molecule has 1 aromatic heterocycles. The molecule has 2 aromatic rings. The number of halogens is 1. The molecule has 2 N–H and O–H groups in total. The van der Waals surface area contributed by atoms with Crippen molar-refractivity contribution in [2.24, 2.45) is 0 Å². The van der Waals surface area contributed by atoms with Crippen molar-refractivity contribution in [1.29, 1.82) is 0 Å². The largest absolute Gasteiger partial charge is 0.399 e. The van der Waals surface area contributed by atoms with Crippen LogP contribution in [0.5, 0.6) is 0 Å². The number of likely N-dealkylation sites (N-methyl/N-ethyl adjacent to an activating group) is 1. The van der Waals surface area contributed by atoms with Gasteiger partial charge in [0.2, 0.25) is 0 Å². The second-order valence-corrected chi connectivity index (χ2v) is 6.78. The Kier molecular flexibility index (Phi) is 4.80. The Morgan fingerprint density at radius 1 is 1.22 bits per heavy atom. The Morgan fingerprint density at radius 2 is 1.94 bits per heavy atom. The molecule has 2 rings (SSSR count). The summed E-state index contributed by atoms with van der Waals surface area (Å²) in [6.07, 6.45) is 1.06. The average Bonchev–Trinajstić information content (AvgIpc) is 2.74. The Morgan fingerprint density at radius 3 is 2.56 bits per heavy atom. The molecule has 0 unspecified atom stereocenters. The van der Waals surface area contributed by atoms with Crippen LogP contribution in [0.1, 0.15) is 11.1 Å². The van der Waals surface area contributed by atoms with Crippen molar-refractivity contribution in [3.8, 4) is 0 Å². The lowest BCUT2D eigenvalue weighted by Crippen LogP contribution is -2.20. The SMILES string of the molecule is CN(CCc1ccc(N)cc1)Cc1csc(Br)c1. The minimum atomic E-state index is 0.829. The molecule has 18 heavy (non-hydrogen) atoms. The van der Waals surface area contributed by atoms with Crippen LogP contribution in [0.15, 0.2) is 39.5 Å². The fourth-order valence-corrected chi connectivity index (χ4v) is 3.02. The minimum Gasteiger partial charge on any atom is -0.399 e. The summed E-state index contributed by atoms with van der Waals surface area (Å²) < 4.78 is 1.20. The molecule has 1 heterocycles. The number of thiophene rings is 1. The maximum atomic E-state index is 5.67. The van der Waals surface area contributed by atoms with Gasteiger partial charge in [-0.3, -0.25) is 0 Å². The number of rotatable bonds is 5. The highest BCUT2D eigenvalue weighted by molar-refractivity contribution is 9.11. The van der Waals surface area contributed by atoms with Crippen LogP contribution in [0.2, 0.25) is 0 Å². The molecule has 0 fully saturated rings. The molecular formula is C14H17BrN2S. The second kappa shape index (κ2) is 6.36. The van der Waals surface area contributed by atoms with E-state index in [2.05, 4.69) is 51.5 Å². The van der Waals surface area contributed by atoms with E-state index < -0.39 is 0 Å². The van der Waals surface area contributed by atoms with Crippen LogP contribution in [0.4, 0.5) is 5.69 Å². The van der Waals surface area contributed by atoms with Crippen molar-refractivity contribution in [3.05, 3.63) is 50.6 Å². The zero-order valence-corrected chi connectivity index (χ0v) is 12.8. The minimum absolute atomic E-state index is 0.829. The second-order valence-electron chi connectivity index (χ2n) is 4.49. The van der Waals surface area contributed by atoms with Gasteiger partial charge in [-0.1, -0.05) is 12.1 Å². The summed E-state index contributed by atoms with van der Waals surface area (Å²) in [5, 5.41) is 2.20. The van der Waals surface area contributed by atoms with Gasteiger partial charge in [0.15, 0.2) is 0 Å². The van der Waals surface area contributed by atoms with Crippen LogP contribution in [0.3, 0.4) is 0 Å². The summed E-state index contributed by atoms with van der Waals surface area (Å²) in [7, 11) is 2.16. The Labute approximate surface area is 121 Å². The van der Waals surface area contributed by atoms with E-state index >= 15 is 0 Å². The first-order valence-corrected chi connectivity index (χ1v) is 7.56. The first kappa shape index (κ1) is 13.6. The molecule has 0 aliphatic carbocycles. The van der Waals surface area contributed by atoms with E-state index in [1.54, 1.807) is 11.3 Å². The molecule has 0 bridgehead atoms. The van der Waals surface area contributed by atoms with Crippen LogP contribution in [-0.2, 0) is 13.0 Å². The van der Waals surface area contributed by atoms with E-state index in [-0.39, 0.29) is 0 Å². The zero-order valence-electron chi connectivity index (χ0n) is 10.4. The van der Waals surface area contributed by atoms with Gasteiger partial charge < -0.3 is 10.6 Å². The lowest BCUT2D eigenvalue weighted by atomic mass is 10.1. The first-order chi connectivity index (χ1) is 8.63. The van der Waals surface area contributed by atoms with E-state index in [0.29, 0.717) is 0 Å². The molecule has 0 atom stereocenters. The van der Waals surface area contributed by atoms with Gasteiger partial charge in [-0.15, -0.1) is 11.3 Å². The quantitative estimate of drug-likeness (QED) is 0.848. The standard InChI is InChI=1S/C14H17BrN2S/c1-17(9-12-8-14(15)18-10-12)7-6-11-2-4-13(16)5-3-11/h2-5,8,10H,6-7,9,16H2,1H3. The van der Waals surface area contributed by atoms with Gasteiger partial charge >= 0.3 is 0 Å². The Hall–Kier alpha value is -0.840. The van der Waals surface area contributed by atoms with Crippen LogP contribution in [0.25, 0.3) is 0 Å². The summed E-state index contributed by atoms with van der Waals surface area (Å²) in [5.41, 5.74) is 9.21. The van der Waals surface area contributed by atoms with E-state index in [1.165, 1.54) is 14.9 Å². The van der Waals surface area contributed by atoms with Gasteiger partial charge in [-0.05, 0) is 64.1 Å². The molecule has 96 valence electrons. The molecule has 0 amide bonds. The number of hydrogen-bond donors (Lipinski definition) is 1. The number of hydrogen-bond acceptors (Lipinski definition) is 3. The summed E-state index contributed by atoms with van der Waals surface area (Å²) in [6.45, 7) is 2.05. The topological polar surface area (TPSA) is 29.3 Å². The Balaban J connectivity index is 1.81. The molecular weight excluding hydrogens is 308 g/mol. The van der Waals surface area contributed by atoms with Crippen molar-refractivity contribution in [2.45, 2.75) is 13.0 Å². The summed E-state index contributed by atoms with van der Waals surface area (Å²) in [6, 6.07) is 10.3. The van der Waals surface area contributed by atoms with Crippen molar-refractivity contribution in [1.82, 2.24) is 4.90 Å². The number of anilines is 1. The molecule has 4 heteroatoms. The highest BCUT2D eigenvalue weighted by atomic mass is 79.9. The van der Waals surface area contributed by atoms with Crippen LogP contribution < -0.4 is 5.73 Å². The van der Waals surface area contributed by atoms with E-state index in [9.17, 15) is 0 Å². The van der Waals surface area contributed by atoms with E-state index in [1.807, 2.05) is 12.1 Å². The fourth-order valence-electron chi connectivity index (χ4n) is 1.82. The third-order valence-electron chi connectivity index (χ3n) is 2.84. The van der Waals surface area contributed by atoms with E-state index in [0.717, 1.165) is 25.2 Å². The first-order valence-electron chi connectivity index (χ1n) is 5.89. The normalized spacial score (nSPS) is 11.1. The van der Waals surface area contributed by atoms with E-state index in [4.69, 9.17) is 5.73 Å². The monoisotopic (exact) mass is 324 g/mol. The van der Waals surface area contributed by atoms with Crippen molar-refractivity contribution < 1.29 is 0 Å². The molecule has 0 saturated carbocycles. The van der Waals surface area contributed by atoms with Crippen LogP contribution in [-0.4, -0.2) is 18.5 Å². The predicted molar refractivity (Wildman–Crippen MR) is 82.9 cm³/mol. The number of nitrogen functional groups attached to an aromatic ring is 1. The molecule has 0 aliphatic rings. The number of nitrogens with two attached hydrogens (primary N) is 1. The van der Waals surface area contributed by atoms with Gasteiger partial charge in [0.25, 0.3) is 0 Å². The zero-order chi connectivity index (χ0) is 13.0. The molecule has 0 spiro atoms. The average molecular weight is 325 g/mol. The number of nitrogens with zero attached hydrogens (tertiary/aromatic N) is 1. The number of benzene rings is 1. The summed E-state index contributed by atoms with van der Waals surface area (Å²) in [5.74, 6) is 0. The van der Waals surface area contributed by atoms with Crippen molar-refractivity contribution >= 4 is 33.0 Å². The predicted octanol–water partition coefficient (Wildman–Crippen LogP) is 3.77. The third-order valence-corrected chi connectivity index (χ3v) is 4.39. The summed E-state index contributed by atoms with van der Waals surface area (Å²) >= 11 is 5.23. The Bertz CT molecular complexity index is 493. The van der Waals surface area contributed by atoms with Crippen molar-refractivity contribution in [3.63, 3.8) is 0 Å². The molecule has 0 aliphatic heterocycles. The molecule has 2 nitrogen and oxygen atoms in total. The van der Waals surface area contributed by atoms with Gasteiger partial charge in [0.1, 0.15) is 0 Å². The van der Waals surface area contributed by atoms with Gasteiger partial charge in [0, 0.05) is 18.8 Å². The summed E-state index contributed by atoms with van der Waals surface area (Å²) in [4.78, 5) is 2.34. The molecule has 0 radical (unpaired) electrons. The van der Waals surface area contributed by atoms with Crippen molar-refractivity contribution in [2.75, 3.05) is 19.3 Å². The maximum Gasteiger partial charge on any atom is 0.0701 e.